The zero-order chi connectivity index (χ0) is 42.0. The Morgan fingerprint density at radius 3 is 1.38 bits per heavy atom. The smallest absolute Gasteiger partial charge is 0.162 e. The van der Waals surface area contributed by atoms with Gasteiger partial charge in [-0.2, -0.15) is 0 Å². The molecule has 9 nitrogen and oxygen atoms in total. The highest BCUT2D eigenvalue weighted by molar-refractivity contribution is 5.63. The van der Waals surface area contributed by atoms with E-state index in [0.29, 0.717) is 82.5 Å². The normalized spacial score (nSPS) is 15.4. The maximum Gasteiger partial charge on any atom is 0.162 e. The summed E-state index contributed by atoms with van der Waals surface area (Å²) in [6, 6.07) is 52.7. The molecule has 0 bridgehead atoms. The summed E-state index contributed by atoms with van der Waals surface area (Å²) in [4.78, 5) is 0. The van der Waals surface area contributed by atoms with Crippen LogP contribution < -0.4 is 37.9 Å². The zero-order valence-corrected chi connectivity index (χ0v) is 34.4. The van der Waals surface area contributed by atoms with Crippen LogP contribution in [0.5, 0.6) is 46.0 Å². The number of benzene rings is 7. The summed E-state index contributed by atoms with van der Waals surface area (Å²) in [5.74, 6) is 3.19. The van der Waals surface area contributed by atoms with Crippen LogP contribution in [0.4, 0.5) is 0 Å². The van der Waals surface area contributed by atoms with Crippen molar-refractivity contribution < 1.29 is 43.0 Å². The van der Waals surface area contributed by atoms with Crippen LogP contribution in [0.15, 0.2) is 164 Å². The highest BCUT2D eigenvalue weighted by Gasteiger charge is 2.44. The van der Waals surface area contributed by atoms with E-state index < -0.39 is 18.1 Å². The Labute approximate surface area is 356 Å². The van der Waals surface area contributed by atoms with Crippen LogP contribution in [0, 0.1) is 0 Å². The van der Waals surface area contributed by atoms with E-state index in [-0.39, 0.29) is 6.61 Å². The second kappa shape index (κ2) is 19.3. The van der Waals surface area contributed by atoms with Crippen LogP contribution in [-0.2, 0) is 26.4 Å². The van der Waals surface area contributed by atoms with Gasteiger partial charge >= 0.3 is 0 Å². The summed E-state index contributed by atoms with van der Waals surface area (Å²) in [7, 11) is 4.75. The highest BCUT2D eigenvalue weighted by atomic mass is 16.5. The average molecular weight is 817 g/mol. The molecule has 1 aliphatic rings. The van der Waals surface area contributed by atoms with Gasteiger partial charge in [0.15, 0.2) is 17.6 Å². The second-order valence-electron chi connectivity index (χ2n) is 14.6. The van der Waals surface area contributed by atoms with Crippen LogP contribution in [0.25, 0.3) is 0 Å². The molecular weight excluding hydrogens is 769 g/mol. The second-order valence-corrected chi connectivity index (χ2v) is 14.6. The molecule has 310 valence electrons. The third-order valence-corrected chi connectivity index (χ3v) is 10.6. The Kier molecular flexibility index (Phi) is 12.9. The molecule has 0 amide bonds. The third-order valence-electron chi connectivity index (χ3n) is 10.6. The molecule has 8 rings (SSSR count). The number of hydrogen-bond acceptors (Lipinski definition) is 9. The SMILES string of the molecule is COc1cc(OC)c([C@H]2c3c(OCc4ccccc4)cc(OCc4ccccc4)cc3O[C@H](c3ccc(OCc4ccccc4)c(OCc4ccccc4)c3)[C@@H]2O)c(OC)c1. The number of rotatable bonds is 17. The van der Waals surface area contributed by atoms with Crippen molar-refractivity contribution >= 4 is 0 Å². The monoisotopic (exact) mass is 816 g/mol. The van der Waals surface area contributed by atoms with Crippen LogP contribution in [-0.4, -0.2) is 32.5 Å². The van der Waals surface area contributed by atoms with Crippen LogP contribution in [0.2, 0.25) is 0 Å². The fourth-order valence-electron chi connectivity index (χ4n) is 7.54. The van der Waals surface area contributed by atoms with E-state index in [4.69, 9.17) is 37.9 Å². The van der Waals surface area contributed by atoms with Crippen molar-refractivity contribution in [2.75, 3.05) is 21.3 Å². The molecule has 0 aliphatic carbocycles. The largest absolute Gasteiger partial charge is 0.496 e. The molecule has 0 fully saturated rings. The van der Waals surface area contributed by atoms with E-state index in [2.05, 4.69) is 0 Å². The molecular formula is C52H48O9. The highest BCUT2D eigenvalue weighted by Crippen LogP contribution is 2.55. The van der Waals surface area contributed by atoms with E-state index in [0.717, 1.165) is 22.3 Å². The van der Waals surface area contributed by atoms with Gasteiger partial charge in [0, 0.05) is 35.4 Å². The Balaban J connectivity index is 1.25. The van der Waals surface area contributed by atoms with Gasteiger partial charge in [-0.05, 0) is 39.9 Å². The minimum absolute atomic E-state index is 0.255. The summed E-state index contributed by atoms with van der Waals surface area (Å²) in [6.07, 6.45) is -2.11. The summed E-state index contributed by atoms with van der Waals surface area (Å²) in [5, 5.41) is 12.9. The summed E-state index contributed by atoms with van der Waals surface area (Å²) >= 11 is 0. The lowest BCUT2D eigenvalue weighted by molar-refractivity contribution is 0.00600. The molecule has 3 atom stereocenters. The minimum atomic E-state index is -1.20. The summed E-state index contributed by atoms with van der Waals surface area (Å²) in [5.41, 5.74) is 5.85. The van der Waals surface area contributed by atoms with Gasteiger partial charge in [0.1, 0.15) is 67.0 Å². The van der Waals surface area contributed by atoms with Gasteiger partial charge in [-0.25, -0.2) is 0 Å². The molecule has 7 aromatic rings. The standard InChI is InChI=1S/C52H48O9/c1-54-40-27-44(55-2)48(45(28-40)56-3)50-49-46(60-34-38-22-14-7-15-23-38)29-41(57-31-35-16-8-4-9-17-35)30-47(49)61-52(51(50)53)39-24-25-42(58-32-36-18-10-5-11-19-36)43(26-39)59-33-37-20-12-6-13-21-37/h4-30,50-53H,31-34H2,1-3H3/t50-,51+,52+/m0/s1. The first-order chi connectivity index (χ1) is 30.0. The first kappa shape index (κ1) is 40.7. The van der Waals surface area contributed by atoms with Crippen molar-refractivity contribution in [3.05, 3.63) is 203 Å². The maximum atomic E-state index is 12.9. The fourth-order valence-corrected chi connectivity index (χ4v) is 7.54. The number of ether oxygens (including phenoxy) is 8. The van der Waals surface area contributed by atoms with Gasteiger partial charge in [-0.15, -0.1) is 0 Å². The fraction of sp³-hybridized carbons (Fsp3) is 0.192. The summed E-state index contributed by atoms with van der Waals surface area (Å²) < 4.78 is 50.6. The number of methoxy groups -OCH3 is 3. The van der Waals surface area contributed by atoms with E-state index >= 15 is 0 Å². The molecule has 61 heavy (non-hydrogen) atoms. The van der Waals surface area contributed by atoms with Gasteiger partial charge in [-0.1, -0.05) is 127 Å². The first-order valence-corrected chi connectivity index (χ1v) is 20.1. The Morgan fingerprint density at radius 2 is 0.885 bits per heavy atom. The molecule has 1 heterocycles. The van der Waals surface area contributed by atoms with Crippen LogP contribution >= 0.6 is 0 Å². The van der Waals surface area contributed by atoms with Gasteiger partial charge < -0.3 is 43.0 Å². The lowest BCUT2D eigenvalue weighted by Gasteiger charge is -2.39. The molecule has 0 saturated heterocycles. The molecule has 7 aromatic carbocycles. The van der Waals surface area contributed by atoms with Crippen molar-refractivity contribution in [1.82, 2.24) is 0 Å². The Morgan fingerprint density at radius 1 is 0.426 bits per heavy atom. The Hall–Kier alpha value is -7.10. The van der Waals surface area contributed by atoms with Gasteiger partial charge in [0.05, 0.1) is 27.2 Å². The quantitative estimate of drug-likeness (QED) is 0.0964. The van der Waals surface area contributed by atoms with Crippen LogP contribution in [0.3, 0.4) is 0 Å². The average Bonchev–Trinajstić information content (AvgIpc) is 3.32. The van der Waals surface area contributed by atoms with Crippen molar-refractivity contribution in [3.63, 3.8) is 0 Å². The number of hydrogen-bond donors (Lipinski definition) is 1. The van der Waals surface area contributed by atoms with E-state index in [9.17, 15) is 5.11 Å². The van der Waals surface area contributed by atoms with Gasteiger partial charge in [0.25, 0.3) is 0 Å². The van der Waals surface area contributed by atoms with Gasteiger partial charge in [-0.3, -0.25) is 0 Å². The third kappa shape index (κ3) is 9.53. The zero-order valence-electron chi connectivity index (χ0n) is 34.4. The predicted molar refractivity (Wildman–Crippen MR) is 233 cm³/mol. The molecule has 1 aliphatic heterocycles. The number of fused-ring (bicyclic) bond motifs is 1. The predicted octanol–water partition coefficient (Wildman–Crippen LogP) is 10.7. The lowest BCUT2D eigenvalue weighted by Crippen LogP contribution is -2.36. The topological polar surface area (TPSA) is 94.1 Å². The van der Waals surface area contributed by atoms with Crippen molar-refractivity contribution in [2.24, 2.45) is 0 Å². The van der Waals surface area contributed by atoms with E-state index in [1.807, 2.05) is 152 Å². The molecule has 1 N–H and O–H groups in total. The van der Waals surface area contributed by atoms with Crippen LogP contribution in [0.1, 0.15) is 51.0 Å². The lowest BCUT2D eigenvalue weighted by atomic mass is 9.78. The molecule has 0 radical (unpaired) electrons. The van der Waals surface area contributed by atoms with Crippen molar-refractivity contribution in [1.29, 1.82) is 0 Å². The molecule has 0 spiro atoms. The minimum Gasteiger partial charge on any atom is -0.496 e. The molecule has 0 unspecified atom stereocenters. The maximum absolute atomic E-state index is 12.9. The molecule has 0 saturated carbocycles. The van der Waals surface area contributed by atoms with Crippen molar-refractivity contribution in [3.8, 4) is 46.0 Å². The number of aliphatic hydroxyl groups is 1. The van der Waals surface area contributed by atoms with Crippen molar-refractivity contribution in [2.45, 2.75) is 44.6 Å². The summed E-state index contributed by atoms with van der Waals surface area (Å²) in [6.45, 7) is 1.22. The molecule has 9 heteroatoms. The Bertz CT molecular complexity index is 2470. The molecule has 0 aromatic heterocycles. The first-order valence-electron chi connectivity index (χ1n) is 20.1. The van der Waals surface area contributed by atoms with Gasteiger partial charge in [0.2, 0.25) is 0 Å². The van der Waals surface area contributed by atoms with E-state index in [1.54, 1.807) is 33.5 Å². The van der Waals surface area contributed by atoms with E-state index in [1.165, 1.54) is 0 Å². The number of aliphatic hydroxyl groups excluding tert-OH is 1.